The molecule has 230 valence electrons. The van der Waals surface area contributed by atoms with E-state index in [-0.39, 0.29) is 15.6 Å². The molecule has 1 aromatic heterocycles. The van der Waals surface area contributed by atoms with Crippen LogP contribution in [0.3, 0.4) is 0 Å². The van der Waals surface area contributed by atoms with E-state index in [1.165, 1.54) is 65.2 Å². The molecule has 2 aromatic rings. The molecule has 0 N–H and O–H groups in total. The summed E-state index contributed by atoms with van der Waals surface area (Å²) < 4.78 is 23.4. The largest absolute Gasteiger partial charge is 0.362 e. The molecule has 0 aliphatic heterocycles. The van der Waals surface area contributed by atoms with Gasteiger partial charge in [-0.15, -0.1) is 12.6 Å². The molecule has 1 saturated carbocycles. The number of anilines is 1. The quantitative estimate of drug-likeness (QED) is 0.176. The fraction of sp³-hybridized carbons (Fsp3) is 0.606. The zero-order valence-corrected chi connectivity index (χ0v) is 28.5. The molecule has 0 radical (unpaired) electrons. The van der Waals surface area contributed by atoms with Crippen LogP contribution in [-0.4, -0.2) is 43.5 Å². The number of carbonyl (C=O) groups is 1. The van der Waals surface area contributed by atoms with Crippen molar-refractivity contribution in [2.75, 3.05) is 19.0 Å². The molecule has 0 unspecified atom stereocenters. The summed E-state index contributed by atoms with van der Waals surface area (Å²) in [6.45, 7) is 16.1. The topological polar surface area (TPSA) is 80.2 Å². The van der Waals surface area contributed by atoms with Crippen molar-refractivity contribution in [2.45, 2.75) is 105 Å². The van der Waals surface area contributed by atoms with Crippen LogP contribution in [0.5, 0.6) is 0 Å². The van der Waals surface area contributed by atoms with Gasteiger partial charge in [0, 0.05) is 19.5 Å². The molecule has 0 atom stereocenters. The van der Waals surface area contributed by atoms with Crippen molar-refractivity contribution in [1.29, 1.82) is 0 Å². The van der Waals surface area contributed by atoms with Crippen molar-refractivity contribution >= 4 is 45.0 Å². The van der Waals surface area contributed by atoms with Crippen LogP contribution in [-0.2, 0) is 14.6 Å². The van der Waals surface area contributed by atoms with Crippen molar-refractivity contribution in [3.8, 4) is 0 Å². The van der Waals surface area contributed by atoms with E-state index >= 15 is 0 Å². The van der Waals surface area contributed by atoms with E-state index in [9.17, 15) is 13.2 Å². The Morgan fingerprint density at radius 3 is 1.90 bits per heavy atom. The number of thiol groups is 1. The number of nitrogens with zero attached hydrogens (tertiary/aromatic N) is 3. The fourth-order valence-corrected chi connectivity index (χ4v) is 6.34. The lowest BCUT2D eigenvalue weighted by atomic mass is 9.78. The van der Waals surface area contributed by atoms with Crippen molar-refractivity contribution in [3.05, 3.63) is 52.1 Å². The summed E-state index contributed by atoms with van der Waals surface area (Å²) in [6, 6.07) is 8.06. The molecular formula is C33H53N3O3S2. The number of carbonyl (C=O) groups excluding carboxylic acids is 1. The molecule has 0 bridgehead atoms. The van der Waals surface area contributed by atoms with Crippen LogP contribution in [0, 0.1) is 18.8 Å². The second kappa shape index (κ2) is 17.7. The Morgan fingerprint density at radius 1 is 1.00 bits per heavy atom. The smallest absolute Gasteiger partial charge is 0.180 e. The number of hydrogen-bond donors (Lipinski definition) is 1. The Hall–Kier alpha value is -2.19. The zero-order chi connectivity index (χ0) is 31.3. The van der Waals surface area contributed by atoms with Gasteiger partial charge in [-0.25, -0.2) is 18.4 Å². The lowest BCUT2D eigenvalue weighted by molar-refractivity contribution is -0.113. The van der Waals surface area contributed by atoms with Gasteiger partial charge in [-0.3, -0.25) is 4.79 Å². The molecule has 3 rings (SSSR count). The summed E-state index contributed by atoms with van der Waals surface area (Å²) in [4.78, 5) is 21.9. The molecule has 6 nitrogen and oxygen atoms in total. The number of aryl methyl sites for hydroxylation is 1. The van der Waals surface area contributed by atoms with Gasteiger partial charge in [-0.2, -0.15) is 0 Å². The number of allylic oxidation sites excluding steroid dienone is 2. The SMILES string of the molecule is C=C(/C(C)=C(\S)C(C)=O)S(=O)(=O)C(C)C.CCCC1CCC(CCC)CC1.Cc1nc(N(C)C)c2ccccc2n1. The van der Waals surface area contributed by atoms with Crippen LogP contribution in [0.1, 0.15) is 98.7 Å². The molecule has 1 heterocycles. The number of sulfone groups is 1. The van der Waals surface area contributed by atoms with Crippen molar-refractivity contribution in [2.24, 2.45) is 11.8 Å². The molecule has 1 aromatic carbocycles. The number of ketones is 1. The van der Waals surface area contributed by atoms with E-state index in [0.717, 1.165) is 34.4 Å². The van der Waals surface area contributed by atoms with Crippen molar-refractivity contribution < 1.29 is 13.2 Å². The van der Waals surface area contributed by atoms with Crippen LogP contribution in [0.4, 0.5) is 5.82 Å². The summed E-state index contributed by atoms with van der Waals surface area (Å²) in [5, 5.41) is 0.552. The molecule has 0 saturated heterocycles. The highest BCUT2D eigenvalue weighted by Crippen LogP contribution is 2.33. The van der Waals surface area contributed by atoms with Gasteiger partial charge in [0.25, 0.3) is 0 Å². The highest BCUT2D eigenvalue weighted by Gasteiger charge is 2.23. The maximum Gasteiger partial charge on any atom is 0.180 e. The standard InChI is InChI=1S/C12H24.C11H13N3.C10H16O3S2/c1-3-5-11-7-9-12(6-4-2)10-8-11;1-8-12-10-7-5-4-6-9(10)11(13-8)14(2)3;1-6(2)15(12,13)9(5)7(3)10(14)8(4)11/h11-12H,3-10H2,1-2H3;4-7H,1-3H3;6,14H,5H2,1-4H3/b;;10-7-. The second-order valence-corrected chi connectivity index (χ2v) is 14.5. The van der Waals surface area contributed by atoms with E-state index in [4.69, 9.17) is 0 Å². The van der Waals surface area contributed by atoms with Gasteiger partial charge < -0.3 is 4.90 Å². The molecule has 8 heteroatoms. The van der Waals surface area contributed by atoms with Crippen LogP contribution in [0.2, 0.25) is 0 Å². The minimum Gasteiger partial charge on any atom is -0.362 e. The van der Waals surface area contributed by atoms with Gasteiger partial charge in [-0.05, 0) is 64.2 Å². The van der Waals surface area contributed by atoms with Gasteiger partial charge in [-0.1, -0.05) is 83.9 Å². The predicted octanol–water partition coefficient (Wildman–Crippen LogP) is 8.51. The van der Waals surface area contributed by atoms with Crippen LogP contribution in [0.25, 0.3) is 10.9 Å². The molecule has 1 aliphatic carbocycles. The highest BCUT2D eigenvalue weighted by molar-refractivity contribution is 7.96. The first kappa shape index (κ1) is 36.8. The van der Waals surface area contributed by atoms with Crippen LogP contribution >= 0.6 is 12.6 Å². The van der Waals surface area contributed by atoms with Crippen molar-refractivity contribution in [1.82, 2.24) is 9.97 Å². The summed E-state index contributed by atoms with van der Waals surface area (Å²) >= 11 is 3.96. The Bertz CT molecular complexity index is 1260. The Kier molecular flexibility index (Phi) is 15.9. The Morgan fingerprint density at radius 2 is 1.49 bits per heavy atom. The second-order valence-electron chi connectivity index (χ2n) is 11.5. The third-order valence-corrected chi connectivity index (χ3v) is 10.4. The lowest BCUT2D eigenvalue weighted by Crippen LogP contribution is -2.17. The number of aromatic nitrogens is 2. The summed E-state index contributed by atoms with van der Waals surface area (Å²) in [6.07, 6.45) is 11.9. The number of hydrogen-bond acceptors (Lipinski definition) is 7. The van der Waals surface area contributed by atoms with Crippen LogP contribution < -0.4 is 4.90 Å². The van der Waals surface area contributed by atoms with Gasteiger partial charge in [0.1, 0.15) is 11.6 Å². The van der Waals surface area contributed by atoms with E-state index in [0.29, 0.717) is 5.57 Å². The lowest BCUT2D eigenvalue weighted by Gasteiger charge is -2.27. The Balaban J connectivity index is 0.000000309. The van der Waals surface area contributed by atoms with E-state index in [1.54, 1.807) is 13.8 Å². The zero-order valence-electron chi connectivity index (χ0n) is 26.8. The number of para-hydroxylation sites is 1. The minimum atomic E-state index is -3.41. The van der Waals surface area contributed by atoms with E-state index < -0.39 is 15.1 Å². The average molecular weight is 604 g/mol. The maximum atomic E-state index is 11.7. The number of Topliss-reactive ketones (excluding diaryl/α,β-unsaturated/α-hetero) is 1. The third-order valence-electron chi connectivity index (χ3n) is 7.55. The third kappa shape index (κ3) is 11.5. The highest BCUT2D eigenvalue weighted by atomic mass is 32.2. The monoisotopic (exact) mass is 603 g/mol. The molecule has 41 heavy (non-hydrogen) atoms. The van der Waals surface area contributed by atoms with E-state index in [1.807, 2.05) is 50.2 Å². The number of fused-ring (bicyclic) bond motifs is 1. The normalized spacial score (nSPS) is 17.5. The molecular weight excluding hydrogens is 551 g/mol. The molecule has 1 aliphatic rings. The van der Waals surface area contributed by atoms with Gasteiger partial charge in [0.05, 0.1) is 20.6 Å². The van der Waals surface area contributed by atoms with Crippen LogP contribution in [0.15, 0.2) is 46.2 Å². The van der Waals surface area contributed by atoms with Gasteiger partial charge in [0.15, 0.2) is 15.6 Å². The number of rotatable bonds is 9. The minimum absolute atomic E-state index is 0.0299. The Labute approximate surface area is 255 Å². The summed E-state index contributed by atoms with van der Waals surface area (Å²) in [5.41, 5.74) is 1.32. The average Bonchev–Trinajstić information content (AvgIpc) is 2.93. The fourth-order valence-electron chi connectivity index (χ4n) is 5.03. The predicted molar refractivity (Wildman–Crippen MR) is 179 cm³/mol. The molecule has 0 spiro atoms. The van der Waals surface area contributed by atoms with Crippen molar-refractivity contribution in [3.63, 3.8) is 0 Å². The molecule has 1 fully saturated rings. The molecule has 0 amide bonds. The summed E-state index contributed by atoms with van der Waals surface area (Å²) in [5.74, 6) is 3.70. The van der Waals surface area contributed by atoms with E-state index in [2.05, 4.69) is 43.0 Å². The van der Waals surface area contributed by atoms with Gasteiger partial charge >= 0.3 is 0 Å². The first-order chi connectivity index (χ1) is 19.2. The first-order valence-electron chi connectivity index (χ1n) is 14.9. The maximum absolute atomic E-state index is 11.7. The van der Waals surface area contributed by atoms with Gasteiger partial charge in [0.2, 0.25) is 0 Å². The first-order valence-corrected chi connectivity index (χ1v) is 16.9. The number of benzene rings is 1. The summed E-state index contributed by atoms with van der Waals surface area (Å²) in [7, 11) is 0.580.